The molecule has 0 spiro atoms. The highest BCUT2D eigenvalue weighted by molar-refractivity contribution is 8.42. The van der Waals surface area contributed by atoms with Crippen molar-refractivity contribution in [3.8, 4) is 0 Å². The van der Waals surface area contributed by atoms with Crippen LogP contribution in [0, 0.1) is 20.8 Å². The van der Waals surface area contributed by atoms with Gasteiger partial charge in [0.15, 0.2) is 0 Å². The summed E-state index contributed by atoms with van der Waals surface area (Å²) in [7, 11) is 0. The van der Waals surface area contributed by atoms with E-state index in [1.165, 1.54) is 5.56 Å². The molecule has 1 aliphatic carbocycles. The Balaban J connectivity index is 2.26. The summed E-state index contributed by atoms with van der Waals surface area (Å²) in [4.78, 5) is 12.6. The first-order valence-electron chi connectivity index (χ1n) is 6.62. The molecule has 0 atom stereocenters. The van der Waals surface area contributed by atoms with Crippen molar-refractivity contribution in [3.05, 3.63) is 28.8 Å². The number of benzene rings is 1. The number of aryl methyl sites for hydroxylation is 3. The second-order valence-corrected chi connectivity index (χ2v) is 12.4. The van der Waals surface area contributed by atoms with Gasteiger partial charge in [0.25, 0.3) is 5.91 Å². The first-order valence-corrected chi connectivity index (χ1v) is 10.3. The second kappa shape index (κ2) is 4.79. The van der Waals surface area contributed by atoms with E-state index >= 15 is 0 Å². The van der Waals surface area contributed by atoms with E-state index in [0.29, 0.717) is 0 Å². The van der Waals surface area contributed by atoms with Gasteiger partial charge in [0.2, 0.25) is 0 Å². The van der Waals surface area contributed by atoms with Gasteiger partial charge in [0.1, 0.15) is 5.16 Å². The Bertz CT molecular complexity index is 506. The second-order valence-electron chi connectivity index (χ2n) is 6.11. The number of nitrogens with one attached hydrogen (secondary N) is 1. The van der Waals surface area contributed by atoms with Crippen molar-refractivity contribution < 1.29 is 4.79 Å². The van der Waals surface area contributed by atoms with Crippen LogP contribution in [0.15, 0.2) is 12.1 Å². The highest BCUT2D eigenvalue weighted by atomic mass is 32.7. The van der Waals surface area contributed by atoms with E-state index in [9.17, 15) is 4.79 Å². The lowest BCUT2D eigenvalue weighted by Crippen LogP contribution is -2.31. The Morgan fingerprint density at radius 1 is 1.21 bits per heavy atom. The molecule has 0 saturated heterocycles. The van der Waals surface area contributed by atoms with Gasteiger partial charge in [-0.05, 0) is 44.7 Å². The standard InChI is InChI=1S/C15H22NOPS/c1-10-8-11(2)13(12(3)9-10)16-14(17)15(6-7-15)18(4,5)19/h8-9H,6-7H2,1-5H3,(H,16,17). The predicted molar refractivity (Wildman–Crippen MR) is 87.4 cm³/mol. The molecular formula is C15H22NOPS. The average molecular weight is 295 g/mol. The first kappa shape index (κ1) is 14.9. The fraction of sp³-hybridized carbons (Fsp3) is 0.533. The molecule has 0 aliphatic heterocycles. The number of rotatable bonds is 3. The quantitative estimate of drug-likeness (QED) is 0.678. The van der Waals surface area contributed by atoms with Gasteiger partial charge in [0.05, 0.1) is 0 Å². The Morgan fingerprint density at radius 3 is 2.05 bits per heavy atom. The maximum absolute atomic E-state index is 12.6. The molecule has 0 aromatic heterocycles. The highest BCUT2D eigenvalue weighted by Gasteiger charge is 2.60. The Kier molecular flexibility index (Phi) is 3.75. The van der Waals surface area contributed by atoms with E-state index in [0.717, 1.165) is 29.7 Å². The van der Waals surface area contributed by atoms with Gasteiger partial charge in [0, 0.05) is 19.0 Å². The maximum atomic E-state index is 12.6. The lowest BCUT2D eigenvalue weighted by molar-refractivity contribution is -0.116. The summed E-state index contributed by atoms with van der Waals surface area (Å²) in [5, 5.41) is 2.89. The number of carbonyl (C=O) groups excluding carboxylic acids is 1. The molecule has 1 saturated carbocycles. The maximum Gasteiger partial charge on any atom is 0.266 e. The Labute approximate surface area is 121 Å². The number of anilines is 1. The molecule has 1 aromatic rings. The summed E-state index contributed by atoms with van der Waals surface area (Å²) in [5.41, 5.74) is 4.44. The molecule has 2 nitrogen and oxygen atoms in total. The molecule has 4 heteroatoms. The zero-order valence-corrected chi connectivity index (χ0v) is 14.0. The highest BCUT2D eigenvalue weighted by Crippen LogP contribution is 2.72. The minimum Gasteiger partial charge on any atom is -0.556 e. The normalized spacial score (nSPS) is 17.2. The molecule has 0 heterocycles. The van der Waals surface area contributed by atoms with E-state index in [2.05, 4.69) is 37.7 Å². The molecule has 1 fully saturated rings. The van der Waals surface area contributed by atoms with Gasteiger partial charge < -0.3 is 17.6 Å². The molecule has 1 aromatic carbocycles. The summed E-state index contributed by atoms with van der Waals surface area (Å²) in [6.45, 7) is 8.77. The summed E-state index contributed by atoms with van der Waals surface area (Å²) < 4.78 is 0. The molecule has 1 amide bonds. The van der Waals surface area contributed by atoms with E-state index in [1.807, 2.05) is 13.8 Å². The van der Waals surface area contributed by atoms with Gasteiger partial charge in [-0.25, -0.2) is 0 Å². The van der Waals surface area contributed by atoms with Gasteiger partial charge in [-0.3, -0.25) is 4.79 Å². The molecule has 0 bridgehead atoms. The molecule has 1 aliphatic rings. The van der Waals surface area contributed by atoms with Gasteiger partial charge in [-0.1, -0.05) is 24.2 Å². The van der Waals surface area contributed by atoms with E-state index in [-0.39, 0.29) is 11.1 Å². The Morgan fingerprint density at radius 2 is 1.68 bits per heavy atom. The van der Waals surface area contributed by atoms with Crippen LogP contribution in [-0.2, 0) is 17.0 Å². The molecule has 19 heavy (non-hydrogen) atoms. The fourth-order valence-electron chi connectivity index (χ4n) is 2.74. The van der Waals surface area contributed by atoms with Gasteiger partial charge in [-0.15, -0.1) is 0 Å². The van der Waals surface area contributed by atoms with Crippen LogP contribution in [0.3, 0.4) is 0 Å². The molecular weight excluding hydrogens is 273 g/mol. The van der Waals surface area contributed by atoms with Crippen molar-refractivity contribution in [1.29, 1.82) is 0 Å². The van der Waals surface area contributed by atoms with Crippen LogP contribution in [0.1, 0.15) is 29.5 Å². The Hall–Kier alpha value is -0.530. The van der Waals surface area contributed by atoms with Crippen LogP contribution in [0.2, 0.25) is 0 Å². The molecule has 104 valence electrons. The van der Waals surface area contributed by atoms with Crippen molar-refractivity contribution >= 4 is 30.3 Å². The number of carbonyl (C=O) groups is 1. The van der Waals surface area contributed by atoms with Crippen molar-refractivity contribution in [2.24, 2.45) is 0 Å². The minimum atomic E-state index is -1.57. The third-order valence-electron chi connectivity index (χ3n) is 4.09. The van der Waals surface area contributed by atoms with Crippen LogP contribution in [0.25, 0.3) is 0 Å². The zero-order valence-electron chi connectivity index (χ0n) is 12.3. The van der Waals surface area contributed by atoms with Crippen LogP contribution in [0.4, 0.5) is 5.69 Å². The number of amides is 1. The lowest BCUT2D eigenvalue weighted by Gasteiger charge is -2.32. The average Bonchev–Trinajstić information content (AvgIpc) is 3.02. The van der Waals surface area contributed by atoms with Crippen molar-refractivity contribution in [3.63, 3.8) is 0 Å². The predicted octanol–water partition coefficient (Wildman–Crippen LogP) is 3.82. The van der Waals surface area contributed by atoms with Gasteiger partial charge >= 0.3 is 0 Å². The van der Waals surface area contributed by atoms with E-state index in [1.54, 1.807) is 0 Å². The van der Waals surface area contributed by atoms with Gasteiger partial charge in [-0.2, -0.15) is 0 Å². The molecule has 0 unspecified atom stereocenters. The van der Waals surface area contributed by atoms with E-state index in [4.69, 9.17) is 12.2 Å². The zero-order chi connectivity index (χ0) is 14.4. The SMILES string of the molecule is Cc1cc(C)c(NC(=O)C2([P+](C)(C)[S-])CC2)c(C)c1. The third kappa shape index (κ3) is 2.68. The van der Waals surface area contributed by atoms with E-state index < -0.39 is 6.46 Å². The molecule has 2 rings (SSSR count). The van der Waals surface area contributed by atoms with Crippen LogP contribution in [0.5, 0.6) is 0 Å². The topological polar surface area (TPSA) is 29.1 Å². The fourth-order valence-corrected chi connectivity index (χ4v) is 5.27. The largest absolute Gasteiger partial charge is 0.556 e. The number of hydrogen-bond donors (Lipinski definition) is 1. The lowest BCUT2D eigenvalue weighted by atomic mass is 10.0. The summed E-state index contributed by atoms with van der Waals surface area (Å²) >= 11 is 5.61. The summed E-state index contributed by atoms with van der Waals surface area (Å²) in [6, 6.07) is 4.21. The van der Waals surface area contributed by atoms with Crippen LogP contribution >= 0.6 is 6.46 Å². The van der Waals surface area contributed by atoms with Crippen LogP contribution < -0.4 is 5.32 Å². The monoisotopic (exact) mass is 295 g/mol. The summed E-state index contributed by atoms with van der Waals surface area (Å²) in [6.07, 6.45) is 1.90. The van der Waals surface area contributed by atoms with Crippen molar-refractivity contribution in [2.45, 2.75) is 38.8 Å². The number of hydrogen-bond acceptors (Lipinski definition) is 2. The summed E-state index contributed by atoms with van der Waals surface area (Å²) in [5.74, 6) is 0.135. The van der Waals surface area contributed by atoms with Crippen molar-refractivity contribution in [1.82, 2.24) is 0 Å². The smallest absolute Gasteiger partial charge is 0.266 e. The first-order chi connectivity index (χ1) is 8.67. The van der Waals surface area contributed by atoms with Crippen LogP contribution in [-0.4, -0.2) is 24.4 Å². The molecule has 1 N–H and O–H groups in total. The van der Waals surface area contributed by atoms with Crippen molar-refractivity contribution in [2.75, 3.05) is 18.6 Å². The minimum absolute atomic E-state index is 0.135. The third-order valence-corrected chi connectivity index (χ3v) is 7.85. The molecule has 0 radical (unpaired) electrons.